The quantitative estimate of drug-likeness (QED) is 0.164. The van der Waals surface area contributed by atoms with Gasteiger partial charge in [-0.2, -0.15) is 26.3 Å². The largest absolute Gasteiger partial charge is 0.496 e. The van der Waals surface area contributed by atoms with E-state index in [1.165, 1.54) is 13.2 Å². The molecule has 2 aromatic heterocycles. The average molecular weight is 719 g/mol. The van der Waals surface area contributed by atoms with Gasteiger partial charge in [0.1, 0.15) is 22.3 Å². The highest BCUT2D eigenvalue weighted by Gasteiger charge is 2.35. The van der Waals surface area contributed by atoms with E-state index in [1.54, 1.807) is 18.3 Å². The highest BCUT2D eigenvalue weighted by Crippen LogP contribution is 2.41. The third-order valence-electron chi connectivity index (χ3n) is 7.85. The summed E-state index contributed by atoms with van der Waals surface area (Å²) in [5.41, 5.74) is -2.03. The Bertz CT molecular complexity index is 2080. The van der Waals surface area contributed by atoms with E-state index in [9.17, 15) is 40.3 Å². The van der Waals surface area contributed by atoms with Gasteiger partial charge in [0.05, 0.1) is 42.7 Å². The van der Waals surface area contributed by atoms with Crippen LogP contribution in [0, 0.1) is 5.82 Å². The average Bonchev–Trinajstić information content (AvgIpc) is 3.46. The van der Waals surface area contributed by atoms with Gasteiger partial charge in [0.25, 0.3) is 11.8 Å². The molecule has 3 heterocycles. The predicted octanol–water partition coefficient (Wildman–Crippen LogP) is 8.49. The number of rotatable bonds is 7. The summed E-state index contributed by atoms with van der Waals surface area (Å²) in [6, 6.07) is 12.9. The van der Waals surface area contributed by atoms with Gasteiger partial charge in [-0.25, -0.2) is 9.37 Å². The molecule has 2 N–H and O–H groups in total. The van der Waals surface area contributed by atoms with Crippen molar-refractivity contribution in [1.29, 1.82) is 0 Å². The second kappa shape index (κ2) is 13.6. The molecule has 2 amide bonds. The first kappa shape index (κ1) is 34.6. The molecule has 0 saturated carbocycles. The number of fused-ring (bicyclic) bond motifs is 1. The summed E-state index contributed by atoms with van der Waals surface area (Å²) in [6.07, 6.45) is -8.15. The molecule has 1 aliphatic heterocycles. The van der Waals surface area contributed by atoms with Gasteiger partial charge in [-0.05, 0) is 60.2 Å². The lowest BCUT2D eigenvalue weighted by molar-refractivity contribution is -0.140. The number of anilines is 3. The number of carbonyl (C=O) groups excluding carboxylic acids is 2. The maximum atomic E-state index is 13.9. The van der Waals surface area contributed by atoms with Crippen LogP contribution in [0.25, 0.3) is 21.2 Å². The Balaban J connectivity index is 1.35. The molecule has 6 rings (SSSR count). The summed E-state index contributed by atoms with van der Waals surface area (Å²) in [5.74, 6) is -2.52. The summed E-state index contributed by atoms with van der Waals surface area (Å²) in [4.78, 5) is 33.6. The first-order valence-electron chi connectivity index (χ1n) is 14.8. The minimum atomic E-state index is -5.07. The smallest absolute Gasteiger partial charge is 0.419 e. The molecule has 0 bridgehead atoms. The Morgan fingerprint density at radius 1 is 0.860 bits per heavy atom. The molecule has 8 nitrogen and oxygen atoms in total. The van der Waals surface area contributed by atoms with E-state index in [-0.39, 0.29) is 32.0 Å². The third kappa shape index (κ3) is 7.21. The molecular weight excluding hydrogens is 693 g/mol. The molecule has 1 aliphatic rings. The number of hydrogen-bond acceptors (Lipinski definition) is 7. The molecule has 0 unspecified atom stereocenters. The van der Waals surface area contributed by atoms with Crippen molar-refractivity contribution in [3.05, 3.63) is 100 Å². The van der Waals surface area contributed by atoms with Crippen molar-refractivity contribution in [2.24, 2.45) is 0 Å². The minimum absolute atomic E-state index is 0.00762. The minimum Gasteiger partial charge on any atom is -0.496 e. The molecule has 0 radical (unpaired) electrons. The topological polar surface area (TPSA) is 92.8 Å². The number of carbonyl (C=O) groups is 2. The van der Waals surface area contributed by atoms with Gasteiger partial charge < -0.3 is 25.0 Å². The maximum Gasteiger partial charge on any atom is 0.419 e. The van der Waals surface area contributed by atoms with Gasteiger partial charge in [0, 0.05) is 40.6 Å². The van der Waals surface area contributed by atoms with Crippen LogP contribution in [-0.4, -0.2) is 50.2 Å². The number of nitrogens with one attached hydrogen (secondary N) is 2. The summed E-state index contributed by atoms with van der Waals surface area (Å²) in [5, 5.41) is 4.89. The molecule has 1 fully saturated rings. The van der Waals surface area contributed by atoms with Gasteiger partial charge in [-0.3, -0.25) is 9.59 Å². The standard InChI is InChI=1S/C34H25F7N4O4S/c1-48-26-8-2-18(19-3-9-28(42-17-19)45-10-12-49-13-11-45)14-23(26)31(46)44-29-22-6-4-20(33(36,37)38)15-27(22)50-30(29)32(47)43-21-5-7-25(35)24(16-21)34(39,40)41/h2-9,14-17H,10-13H2,1H3,(H,43,47)(H,44,46). The van der Waals surface area contributed by atoms with Gasteiger partial charge in [-0.1, -0.05) is 12.1 Å². The normalized spacial score (nSPS) is 13.7. The van der Waals surface area contributed by atoms with E-state index >= 15 is 0 Å². The number of halogens is 7. The number of methoxy groups -OCH3 is 1. The van der Waals surface area contributed by atoms with Crippen molar-refractivity contribution in [2.75, 3.05) is 48.9 Å². The zero-order chi connectivity index (χ0) is 35.8. The first-order valence-corrected chi connectivity index (χ1v) is 15.6. The van der Waals surface area contributed by atoms with E-state index in [0.29, 0.717) is 60.9 Å². The number of ether oxygens (including phenoxy) is 2. The second-order valence-corrected chi connectivity index (χ2v) is 12.1. The molecule has 260 valence electrons. The van der Waals surface area contributed by atoms with Crippen LogP contribution >= 0.6 is 11.3 Å². The molecule has 0 aliphatic carbocycles. The van der Waals surface area contributed by atoms with Crippen LogP contribution in [0.3, 0.4) is 0 Å². The Morgan fingerprint density at radius 3 is 2.26 bits per heavy atom. The van der Waals surface area contributed by atoms with Crippen LogP contribution in [0.15, 0.2) is 72.9 Å². The van der Waals surface area contributed by atoms with Crippen LogP contribution in [0.1, 0.15) is 31.2 Å². The van der Waals surface area contributed by atoms with Crippen molar-refractivity contribution in [1.82, 2.24) is 4.98 Å². The summed E-state index contributed by atoms with van der Waals surface area (Å²) < 4.78 is 105. The molecule has 5 aromatic rings. The predicted molar refractivity (Wildman–Crippen MR) is 173 cm³/mol. The number of benzene rings is 3. The monoisotopic (exact) mass is 718 g/mol. The van der Waals surface area contributed by atoms with Gasteiger partial charge in [0.2, 0.25) is 0 Å². The molecule has 50 heavy (non-hydrogen) atoms. The van der Waals surface area contributed by atoms with Crippen LogP contribution in [-0.2, 0) is 17.1 Å². The number of hydrogen-bond donors (Lipinski definition) is 2. The number of amides is 2. The lowest BCUT2D eigenvalue weighted by Gasteiger charge is -2.27. The van der Waals surface area contributed by atoms with Crippen molar-refractivity contribution >= 4 is 50.4 Å². The molecule has 16 heteroatoms. The fourth-order valence-electron chi connectivity index (χ4n) is 5.35. The highest BCUT2D eigenvalue weighted by atomic mass is 32.1. The Kier molecular flexibility index (Phi) is 9.41. The van der Waals surface area contributed by atoms with E-state index in [2.05, 4.69) is 20.5 Å². The van der Waals surface area contributed by atoms with Crippen molar-refractivity contribution < 1.29 is 49.8 Å². The zero-order valence-electron chi connectivity index (χ0n) is 25.8. The van der Waals surface area contributed by atoms with Gasteiger partial charge in [0.15, 0.2) is 0 Å². The van der Waals surface area contributed by atoms with E-state index in [4.69, 9.17) is 9.47 Å². The second-order valence-electron chi connectivity index (χ2n) is 11.0. The van der Waals surface area contributed by atoms with E-state index < -0.39 is 46.8 Å². The molecule has 0 spiro atoms. The Hall–Kier alpha value is -5.22. The SMILES string of the molecule is COc1ccc(-c2ccc(N3CCOCC3)nc2)cc1C(=O)Nc1c(C(=O)Nc2ccc(F)c(C(F)(F)F)c2)sc2cc(C(F)(F)F)ccc12. The Morgan fingerprint density at radius 2 is 1.60 bits per heavy atom. The first-order chi connectivity index (χ1) is 23.7. The number of morpholine rings is 1. The summed E-state index contributed by atoms with van der Waals surface area (Å²) >= 11 is 0.580. The Labute approximate surface area is 283 Å². The van der Waals surface area contributed by atoms with E-state index in [0.717, 1.165) is 30.1 Å². The van der Waals surface area contributed by atoms with Gasteiger partial charge in [-0.15, -0.1) is 11.3 Å². The number of pyridine rings is 1. The van der Waals surface area contributed by atoms with Crippen LogP contribution in [0.5, 0.6) is 5.75 Å². The maximum absolute atomic E-state index is 13.9. The lowest BCUT2D eigenvalue weighted by Crippen LogP contribution is -2.36. The van der Waals surface area contributed by atoms with E-state index in [1.807, 2.05) is 12.1 Å². The fourth-order valence-corrected chi connectivity index (χ4v) is 6.44. The lowest BCUT2D eigenvalue weighted by atomic mass is 10.0. The molecule has 3 aromatic carbocycles. The van der Waals surface area contributed by atoms with Gasteiger partial charge >= 0.3 is 12.4 Å². The van der Waals surface area contributed by atoms with Crippen molar-refractivity contribution in [3.8, 4) is 16.9 Å². The number of aromatic nitrogens is 1. The van der Waals surface area contributed by atoms with Crippen LogP contribution < -0.4 is 20.3 Å². The number of nitrogens with zero attached hydrogens (tertiary/aromatic N) is 2. The molecule has 1 saturated heterocycles. The summed E-state index contributed by atoms with van der Waals surface area (Å²) in [7, 11) is 1.33. The van der Waals surface area contributed by atoms with Crippen molar-refractivity contribution in [3.63, 3.8) is 0 Å². The highest BCUT2D eigenvalue weighted by molar-refractivity contribution is 7.21. The fraction of sp³-hybridized carbons (Fsp3) is 0.206. The number of alkyl halides is 6. The third-order valence-corrected chi connectivity index (χ3v) is 9.00. The number of thiophene rings is 1. The molecular formula is C34H25F7N4O4S. The molecule has 0 atom stereocenters. The zero-order valence-corrected chi connectivity index (χ0v) is 26.7. The van der Waals surface area contributed by atoms with Crippen LogP contribution in [0.4, 0.5) is 47.9 Å². The van der Waals surface area contributed by atoms with Crippen molar-refractivity contribution in [2.45, 2.75) is 12.4 Å². The van der Waals surface area contributed by atoms with Crippen LogP contribution in [0.2, 0.25) is 0 Å². The summed E-state index contributed by atoms with van der Waals surface area (Å²) in [6.45, 7) is 2.54.